The molecule has 6 rings (SSSR count). The molecule has 2 aliphatic carbocycles. The Morgan fingerprint density at radius 3 is 2.45 bits per heavy atom. The van der Waals surface area contributed by atoms with Crippen molar-refractivity contribution in [1.29, 1.82) is 0 Å². The van der Waals surface area contributed by atoms with Gasteiger partial charge < -0.3 is 24.3 Å². The molecule has 0 fully saturated rings. The summed E-state index contributed by atoms with van der Waals surface area (Å²) >= 11 is 0. The lowest BCUT2D eigenvalue weighted by atomic mass is 9.95. The zero-order chi connectivity index (χ0) is 29.1. The van der Waals surface area contributed by atoms with E-state index in [0.717, 1.165) is 12.8 Å². The Morgan fingerprint density at radius 1 is 0.881 bits per heavy atom. The number of benzene rings is 3. The summed E-state index contributed by atoms with van der Waals surface area (Å²) in [7, 11) is 3.18. The van der Waals surface area contributed by atoms with E-state index in [9.17, 15) is 9.59 Å². The van der Waals surface area contributed by atoms with Gasteiger partial charge in [0.2, 0.25) is 0 Å². The van der Waals surface area contributed by atoms with Crippen molar-refractivity contribution >= 4 is 39.5 Å². The minimum atomic E-state index is -0.260. The molecule has 0 saturated heterocycles. The maximum atomic E-state index is 12.9. The van der Waals surface area contributed by atoms with Crippen LogP contribution in [-0.2, 0) is 27.2 Å². The lowest BCUT2D eigenvalue weighted by Crippen LogP contribution is -2.18. The van der Waals surface area contributed by atoms with Gasteiger partial charge in [-0.1, -0.05) is 24.3 Å². The molecule has 0 spiro atoms. The predicted octanol–water partition coefficient (Wildman–Crippen LogP) is 5.04. The molecule has 0 radical (unpaired) electrons. The number of aromatic nitrogens is 2. The summed E-state index contributed by atoms with van der Waals surface area (Å²) in [6.45, 7) is 0.804. The molecule has 1 heterocycles. The number of carbonyl (C=O) groups excluding carboxylic acids is 2. The number of nitrogens with zero attached hydrogens (tertiary/aromatic N) is 2. The predicted molar refractivity (Wildman–Crippen MR) is 159 cm³/mol. The smallest absolute Gasteiger partial charge is 0.186 e. The fraction of sp³-hybridized carbons (Fsp3) is 0.212. The molecule has 42 heavy (non-hydrogen) atoms. The van der Waals surface area contributed by atoms with E-state index in [2.05, 4.69) is 27.4 Å². The first-order valence-corrected chi connectivity index (χ1v) is 13.6. The minimum absolute atomic E-state index is 0.0796. The van der Waals surface area contributed by atoms with Crippen LogP contribution < -0.4 is 19.5 Å². The lowest BCUT2D eigenvalue weighted by molar-refractivity contribution is -0.113. The summed E-state index contributed by atoms with van der Waals surface area (Å²) in [6.07, 6.45) is 6.85. The van der Waals surface area contributed by atoms with Crippen LogP contribution in [0.1, 0.15) is 16.7 Å². The molecule has 0 atom stereocenters. The number of hydrogen-bond acceptors (Lipinski definition) is 9. The second-order valence-electron chi connectivity index (χ2n) is 9.99. The topological polar surface area (TPSA) is 109 Å². The van der Waals surface area contributed by atoms with Crippen molar-refractivity contribution in [1.82, 2.24) is 9.97 Å². The summed E-state index contributed by atoms with van der Waals surface area (Å²) < 4.78 is 22.9. The van der Waals surface area contributed by atoms with Gasteiger partial charge in [-0.15, -0.1) is 0 Å². The quantitative estimate of drug-likeness (QED) is 0.210. The molecule has 9 nitrogen and oxygen atoms in total. The number of allylic oxidation sites excluding steroid dienone is 4. The van der Waals surface area contributed by atoms with E-state index in [1.54, 1.807) is 26.4 Å². The van der Waals surface area contributed by atoms with Gasteiger partial charge in [0.25, 0.3) is 0 Å². The Labute approximate surface area is 242 Å². The van der Waals surface area contributed by atoms with Gasteiger partial charge in [0.05, 0.1) is 19.2 Å². The van der Waals surface area contributed by atoms with Crippen LogP contribution in [-0.4, -0.2) is 55.1 Å². The summed E-state index contributed by atoms with van der Waals surface area (Å²) in [5.74, 6) is 1.64. The number of rotatable bonds is 10. The fourth-order valence-electron chi connectivity index (χ4n) is 5.23. The third-order valence-corrected chi connectivity index (χ3v) is 7.26. The number of ketones is 2. The standard InChI is InChI=1S/C33H29N3O6/c1-39-11-12-41-32-18-28-27(17-31(32)40-2)33(35-19-34-28)36-22-7-10-30(26(15-22)25-16-23(37)8-9-29(25)38)42-24-13-20-5-3-4-6-21(20)14-24/h3-10,15-19,24H,11-14H2,1-2H3,(H,34,35,36). The molecule has 3 aromatic carbocycles. The van der Waals surface area contributed by atoms with Gasteiger partial charge in [0.1, 0.15) is 30.6 Å². The molecule has 1 N–H and O–H groups in total. The van der Waals surface area contributed by atoms with E-state index >= 15 is 0 Å². The number of anilines is 2. The monoisotopic (exact) mass is 563 g/mol. The third-order valence-electron chi connectivity index (χ3n) is 7.26. The Hall–Kier alpha value is -5.02. The second-order valence-corrected chi connectivity index (χ2v) is 9.99. The van der Waals surface area contributed by atoms with Crippen LogP contribution in [0.5, 0.6) is 17.2 Å². The molecule has 1 aromatic heterocycles. The Kier molecular flexibility index (Phi) is 7.66. The molecule has 0 bridgehead atoms. The number of hydrogen-bond donors (Lipinski definition) is 1. The van der Waals surface area contributed by atoms with Crippen molar-refractivity contribution in [2.45, 2.75) is 18.9 Å². The Bertz CT molecular complexity index is 1720. The molecule has 4 aromatic rings. The fourth-order valence-corrected chi connectivity index (χ4v) is 5.23. The number of nitrogens with one attached hydrogen (secondary N) is 1. The van der Waals surface area contributed by atoms with Crippen LogP contribution in [0.4, 0.5) is 11.5 Å². The number of carbonyl (C=O) groups is 2. The van der Waals surface area contributed by atoms with E-state index in [0.29, 0.717) is 58.4 Å². The first kappa shape index (κ1) is 27.2. The molecule has 0 aliphatic heterocycles. The molecule has 212 valence electrons. The molecular weight excluding hydrogens is 534 g/mol. The maximum absolute atomic E-state index is 12.9. The van der Waals surface area contributed by atoms with Crippen LogP contribution in [0.15, 0.2) is 79.2 Å². The molecule has 0 saturated carbocycles. The highest BCUT2D eigenvalue weighted by Gasteiger charge is 2.26. The largest absolute Gasteiger partial charge is 0.493 e. The molecule has 2 aliphatic rings. The molecule has 9 heteroatoms. The van der Waals surface area contributed by atoms with Crippen LogP contribution >= 0.6 is 0 Å². The van der Waals surface area contributed by atoms with Gasteiger partial charge in [-0.3, -0.25) is 9.59 Å². The number of fused-ring (bicyclic) bond motifs is 2. The molecular formula is C33H29N3O6. The average molecular weight is 564 g/mol. The van der Waals surface area contributed by atoms with Crippen LogP contribution in [0.25, 0.3) is 16.5 Å². The van der Waals surface area contributed by atoms with E-state index in [1.807, 2.05) is 30.3 Å². The normalized spacial score (nSPS) is 14.6. The highest BCUT2D eigenvalue weighted by atomic mass is 16.5. The summed E-state index contributed by atoms with van der Waals surface area (Å²) in [4.78, 5) is 34.1. The zero-order valence-electron chi connectivity index (χ0n) is 23.3. The van der Waals surface area contributed by atoms with Crippen molar-refractivity contribution in [3.8, 4) is 17.2 Å². The average Bonchev–Trinajstić information content (AvgIpc) is 3.41. The van der Waals surface area contributed by atoms with Crippen LogP contribution in [0, 0.1) is 0 Å². The summed E-state index contributed by atoms with van der Waals surface area (Å²) in [5, 5.41) is 4.06. The highest BCUT2D eigenvalue weighted by Crippen LogP contribution is 2.37. The maximum Gasteiger partial charge on any atom is 0.186 e. The van der Waals surface area contributed by atoms with Crippen LogP contribution in [0.2, 0.25) is 0 Å². The summed E-state index contributed by atoms with van der Waals surface area (Å²) in [6, 6.07) is 17.4. The van der Waals surface area contributed by atoms with Crippen molar-refractivity contribution in [3.05, 3.63) is 95.8 Å². The minimum Gasteiger partial charge on any atom is -0.493 e. The number of ether oxygens (including phenoxy) is 4. The van der Waals surface area contributed by atoms with E-state index in [4.69, 9.17) is 18.9 Å². The molecule has 0 amide bonds. The van der Waals surface area contributed by atoms with E-state index in [1.165, 1.54) is 35.7 Å². The van der Waals surface area contributed by atoms with E-state index in [-0.39, 0.29) is 23.2 Å². The van der Waals surface area contributed by atoms with Gasteiger partial charge in [-0.05, 0) is 53.6 Å². The van der Waals surface area contributed by atoms with E-state index < -0.39 is 0 Å². The zero-order valence-corrected chi connectivity index (χ0v) is 23.3. The number of methoxy groups -OCH3 is 2. The van der Waals surface area contributed by atoms with Gasteiger partial charge in [-0.25, -0.2) is 9.97 Å². The van der Waals surface area contributed by atoms with Crippen molar-refractivity contribution in [3.63, 3.8) is 0 Å². The van der Waals surface area contributed by atoms with Gasteiger partial charge >= 0.3 is 0 Å². The first-order valence-electron chi connectivity index (χ1n) is 13.6. The molecule has 0 unspecified atom stereocenters. The van der Waals surface area contributed by atoms with Gasteiger partial charge in [0.15, 0.2) is 23.1 Å². The summed E-state index contributed by atoms with van der Waals surface area (Å²) in [5.41, 5.74) is 4.63. The first-order chi connectivity index (χ1) is 20.5. The van der Waals surface area contributed by atoms with Crippen molar-refractivity contribution in [2.24, 2.45) is 0 Å². The van der Waals surface area contributed by atoms with Gasteiger partial charge in [-0.2, -0.15) is 0 Å². The highest BCUT2D eigenvalue weighted by molar-refractivity contribution is 6.34. The van der Waals surface area contributed by atoms with Gasteiger partial charge in [0, 0.05) is 48.2 Å². The lowest BCUT2D eigenvalue weighted by Gasteiger charge is -2.20. The Balaban J connectivity index is 1.34. The van der Waals surface area contributed by atoms with Crippen molar-refractivity contribution in [2.75, 3.05) is 32.8 Å². The third kappa shape index (κ3) is 5.59. The van der Waals surface area contributed by atoms with Crippen molar-refractivity contribution < 1.29 is 28.5 Å². The van der Waals surface area contributed by atoms with Crippen LogP contribution in [0.3, 0.4) is 0 Å². The second kappa shape index (κ2) is 11.8. The SMILES string of the molecule is COCCOc1cc2ncnc(Nc3ccc(OC4Cc5ccccc5C4)c(C4=CC(=O)C=CC4=O)c3)c2cc1OC. The Morgan fingerprint density at radius 2 is 1.69 bits per heavy atom.